The quantitative estimate of drug-likeness (QED) is 0.516. The van der Waals surface area contributed by atoms with E-state index in [1.165, 1.54) is 21.9 Å². The topological polar surface area (TPSA) is 38.3 Å². The van der Waals surface area contributed by atoms with E-state index < -0.39 is 0 Å². The Labute approximate surface area is 172 Å². The molecule has 0 amide bonds. The predicted molar refractivity (Wildman–Crippen MR) is 117 cm³/mol. The first-order valence-electron chi connectivity index (χ1n) is 9.55. The average molecular weight is 434 g/mol. The van der Waals surface area contributed by atoms with Crippen molar-refractivity contribution in [2.75, 3.05) is 12.4 Å². The highest BCUT2D eigenvalue weighted by Crippen LogP contribution is 2.49. The van der Waals surface area contributed by atoms with E-state index in [1.807, 2.05) is 18.2 Å². The van der Waals surface area contributed by atoms with Gasteiger partial charge in [0.2, 0.25) is 0 Å². The minimum Gasteiger partial charge on any atom is -0.497 e. The van der Waals surface area contributed by atoms with Crippen molar-refractivity contribution < 1.29 is 9.53 Å². The summed E-state index contributed by atoms with van der Waals surface area (Å²) in [4.78, 5) is 13.1. The van der Waals surface area contributed by atoms with Gasteiger partial charge < -0.3 is 10.1 Å². The molecule has 1 aliphatic heterocycles. The second-order valence-electron chi connectivity index (χ2n) is 7.34. The highest BCUT2D eigenvalue weighted by Gasteiger charge is 2.35. The van der Waals surface area contributed by atoms with Gasteiger partial charge in [-0.25, -0.2) is 0 Å². The second-order valence-corrected chi connectivity index (χ2v) is 8.20. The molecule has 0 fully saturated rings. The summed E-state index contributed by atoms with van der Waals surface area (Å²) in [7, 11) is 1.67. The maximum atomic E-state index is 13.1. The first-order chi connectivity index (χ1) is 13.7. The summed E-state index contributed by atoms with van der Waals surface area (Å²) in [5.74, 6) is 1.03. The van der Waals surface area contributed by atoms with Crippen molar-refractivity contribution in [1.29, 1.82) is 0 Å². The molecular formula is C24H20BrNO2. The van der Waals surface area contributed by atoms with Gasteiger partial charge in [0.1, 0.15) is 5.75 Å². The fourth-order valence-corrected chi connectivity index (χ4v) is 4.98. The molecular weight excluding hydrogens is 414 g/mol. The molecule has 1 aliphatic carbocycles. The number of anilines is 1. The van der Waals surface area contributed by atoms with Gasteiger partial charge in [0, 0.05) is 27.7 Å². The Morgan fingerprint density at radius 3 is 2.79 bits per heavy atom. The second kappa shape index (κ2) is 6.78. The van der Waals surface area contributed by atoms with Crippen LogP contribution in [0.5, 0.6) is 5.75 Å². The molecule has 1 N–H and O–H groups in total. The Hall–Kier alpha value is -2.59. The van der Waals surface area contributed by atoms with Crippen molar-refractivity contribution in [3.8, 4) is 5.75 Å². The monoisotopic (exact) mass is 433 g/mol. The van der Waals surface area contributed by atoms with Gasteiger partial charge in [0.25, 0.3) is 0 Å². The van der Waals surface area contributed by atoms with Crippen LogP contribution in [0.25, 0.3) is 16.3 Å². The van der Waals surface area contributed by atoms with Crippen LogP contribution >= 0.6 is 15.9 Å². The Morgan fingerprint density at radius 1 is 1.07 bits per heavy atom. The molecule has 3 nitrogen and oxygen atoms in total. The van der Waals surface area contributed by atoms with Crippen molar-refractivity contribution in [3.63, 3.8) is 0 Å². The third kappa shape index (κ3) is 2.67. The molecule has 0 radical (unpaired) electrons. The van der Waals surface area contributed by atoms with Crippen LogP contribution < -0.4 is 10.1 Å². The number of ketones is 1. The predicted octanol–water partition coefficient (Wildman–Crippen LogP) is 6.28. The molecule has 3 aromatic carbocycles. The van der Waals surface area contributed by atoms with E-state index in [1.54, 1.807) is 7.11 Å². The number of rotatable bonds is 2. The normalized spacial score (nSPS) is 18.5. The molecule has 28 heavy (non-hydrogen) atoms. The van der Waals surface area contributed by atoms with Crippen LogP contribution in [-0.4, -0.2) is 12.9 Å². The van der Waals surface area contributed by atoms with Crippen LogP contribution in [0.2, 0.25) is 0 Å². The number of fused-ring (bicyclic) bond motifs is 4. The third-order valence-electron chi connectivity index (χ3n) is 5.79. The number of benzene rings is 3. The van der Waals surface area contributed by atoms with Crippen molar-refractivity contribution >= 4 is 43.7 Å². The molecule has 2 aliphatic rings. The van der Waals surface area contributed by atoms with Gasteiger partial charge >= 0.3 is 0 Å². The molecule has 0 saturated carbocycles. The lowest BCUT2D eigenvalue weighted by atomic mass is 9.77. The maximum Gasteiger partial charge on any atom is 0.161 e. The van der Waals surface area contributed by atoms with Gasteiger partial charge in [0.05, 0.1) is 13.2 Å². The van der Waals surface area contributed by atoms with Crippen molar-refractivity contribution in [2.24, 2.45) is 0 Å². The number of halogens is 1. The van der Waals surface area contributed by atoms with Crippen LogP contribution in [-0.2, 0) is 4.79 Å². The summed E-state index contributed by atoms with van der Waals surface area (Å²) in [5, 5.41) is 6.07. The van der Waals surface area contributed by atoms with E-state index in [0.29, 0.717) is 6.42 Å². The summed E-state index contributed by atoms with van der Waals surface area (Å²) in [6, 6.07) is 18.4. The van der Waals surface area contributed by atoms with E-state index in [4.69, 9.17) is 4.74 Å². The van der Waals surface area contributed by atoms with Crippen LogP contribution in [0.4, 0.5) is 5.69 Å². The van der Waals surface area contributed by atoms with E-state index in [2.05, 4.69) is 57.6 Å². The van der Waals surface area contributed by atoms with E-state index in [0.717, 1.165) is 39.9 Å². The smallest absolute Gasteiger partial charge is 0.161 e. The van der Waals surface area contributed by atoms with Gasteiger partial charge in [-0.05, 0) is 59.0 Å². The first-order valence-corrected chi connectivity index (χ1v) is 10.3. The number of nitrogens with one attached hydrogen (secondary N) is 1. The van der Waals surface area contributed by atoms with Crippen LogP contribution in [0.15, 0.2) is 64.6 Å². The summed E-state index contributed by atoms with van der Waals surface area (Å²) in [6.07, 6.45) is 2.45. The zero-order valence-corrected chi connectivity index (χ0v) is 17.2. The van der Waals surface area contributed by atoms with E-state index in [9.17, 15) is 4.79 Å². The first kappa shape index (κ1) is 17.5. The highest BCUT2D eigenvalue weighted by molar-refractivity contribution is 9.10. The summed E-state index contributed by atoms with van der Waals surface area (Å²) < 4.78 is 6.41. The SMILES string of the molecule is COc1ccc(Br)c([C@H]2Nc3ccc4ccccc4c3C3=C2C(=O)CCC3)c1. The number of carbonyl (C=O) groups excluding carboxylic acids is 1. The number of carbonyl (C=O) groups is 1. The number of Topliss-reactive ketones (excluding diaryl/α,β-unsaturated/α-hetero) is 1. The fourth-order valence-electron chi connectivity index (χ4n) is 4.51. The Kier molecular flexibility index (Phi) is 4.24. The molecule has 3 aromatic rings. The van der Waals surface area contributed by atoms with Crippen LogP contribution in [0.3, 0.4) is 0 Å². The summed E-state index contributed by atoms with van der Waals surface area (Å²) >= 11 is 3.68. The number of ether oxygens (including phenoxy) is 1. The van der Waals surface area contributed by atoms with Crippen molar-refractivity contribution in [1.82, 2.24) is 0 Å². The van der Waals surface area contributed by atoms with Gasteiger partial charge in [-0.2, -0.15) is 0 Å². The summed E-state index contributed by atoms with van der Waals surface area (Å²) in [6.45, 7) is 0. The highest BCUT2D eigenvalue weighted by atomic mass is 79.9. The molecule has 0 unspecified atom stereocenters. The Bertz CT molecular complexity index is 1150. The maximum absolute atomic E-state index is 13.1. The fraction of sp³-hybridized carbons (Fsp3) is 0.208. The lowest BCUT2D eigenvalue weighted by molar-refractivity contribution is -0.116. The molecule has 0 spiro atoms. The Morgan fingerprint density at radius 2 is 1.93 bits per heavy atom. The number of allylic oxidation sites excluding steroid dienone is 1. The number of hydrogen-bond acceptors (Lipinski definition) is 3. The lowest BCUT2D eigenvalue weighted by Gasteiger charge is -2.35. The molecule has 4 heteroatoms. The minimum atomic E-state index is -0.180. The lowest BCUT2D eigenvalue weighted by Crippen LogP contribution is -2.27. The van der Waals surface area contributed by atoms with Crippen molar-refractivity contribution in [3.05, 3.63) is 75.8 Å². The molecule has 0 saturated heterocycles. The Balaban J connectivity index is 1.78. The number of methoxy groups -OCH3 is 1. The van der Waals surface area contributed by atoms with Gasteiger partial charge in [-0.15, -0.1) is 0 Å². The average Bonchev–Trinajstić information content (AvgIpc) is 2.73. The van der Waals surface area contributed by atoms with E-state index >= 15 is 0 Å². The summed E-state index contributed by atoms with van der Waals surface area (Å²) in [5.41, 5.74) is 5.41. The molecule has 0 aromatic heterocycles. The molecule has 140 valence electrons. The molecule has 1 heterocycles. The van der Waals surface area contributed by atoms with Gasteiger partial charge in [-0.3, -0.25) is 4.79 Å². The standard InChI is InChI=1S/C24H20BrNO2/c1-28-15-10-11-19(25)18(13-15)24-23-17(7-4-8-21(23)27)22-16-6-3-2-5-14(16)9-12-20(22)26-24/h2-3,5-6,9-13,24,26H,4,7-8H2,1H3/t24-/m1/s1. The van der Waals surface area contributed by atoms with Crippen molar-refractivity contribution in [2.45, 2.75) is 25.3 Å². The van der Waals surface area contributed by atoms with E-state index in [-0.39, 0.29) is 11.8 Å². The minimum absolute atomic E-state index is 0.180. The molecule has 0 bridgehead atoms. The largest absolute Gasteiger partial charge is 0.497 e. The van der Waals surface area contributed by atoms with Gasteiger partial charge in [-0.1, -0.05) is 46.3 Å². The zero-order valence-electron chi connectivity index (χ0n) is 15.6. The molecule has 5 rings (SSSR count). The zero-order chi connectivity index (χ0) is 19.3. The van der Waals surface area contributed by atoms with Crippen LogP contribution in [0.1, 0.15) is 36.4 Å². The van der Waals surface area contributed by atoms with Crippen LogP contribution in [0, 0.1) is 0 Å². The van der Waals surface area contributed by atoms with Gasteiger partial charge in [0.15, 0.2) is 5.78 Å². The number of hydrogen-bond donors (Lipinski definition) is 1. The third-order valence-corrected chi connectivity index (χ3v) is 6.51. The molecule has 1 atom stereocenters.